The average Bonchev–Trinajstić information content (AvgIpc) is 3.09. The van der Waals surface area contributed by atoms with Gasteiger partial charge in [0.05, 0.1) is 11.2 Å². The Kier molecular flexibility index (Phi) is 3.54. The van der Waals surface area contributed by atoms with Gasteiger partial charge in [0.15, 0.2) is 0 Å². The summed E-state index contributed by atoms with van der Waals surface area (Å²) in [6.45, 7) is 0.161. The first-order valence-electron chi connectivity index (χ1n) is 6.16. The van der Waals surface area contributed by atoms with Gasteiger partial charge in [0.2, 0.25) is 5.91 Å². The quantitative estimate of drug-likeness (QED) is 0.768. The van der Waals surface area contributed by atoms with Crippen LogP contribution in [0.4, 0.5) is 5.69 Å². The molecule has 1 aromatic carbocycles. The van der Waals surface area contributed by atoms with Crippen molar-refractivity contribution in [1.29, 1.82) is 0 Å². The van der Waals surface area contributed by atoms with Crippen molar-refractivity contribution in [1.82, 2.24) is 5.32 Å². The SMILES string of the molecule is CS(=O)(=O)CCNC(=O)C1(c2ccc(N)cc2)CC1. The van der Waals surface area contributed by atoms with Crippen molar-refractivity contribution in [3.05, 3.63) is 29.8 Å². The third-order valence-electron chi connectivity index (χ3n) is 3.41. The van der Waals surface area contributed by atoms with Crippen molar-refractivity contribution < 1.29 is 13.2 Å². The molecule has 104 valence electrons. The van der Waals surface area contributed by atoms with Crippen LogP contribution in [0.15, 0.2) is 24.3 Å². The Morgan fingerprint density at radius 3 is 2.37 bits per heavy atom. The van der Waals surface area contributed by atoms with Gasteiger partial charge in [-0.2, -0.15) is 0 Å². The van der Waals surface area contributed by atoms with Crippen molar-refractivity contribution in [2.45, 2.75) is 18.3 Å². The van der Waals surface area contributed by atoms with E-state index < -0.39 is 15.3 Å². The third-order valence-corrected chi connectivity index (χ3v) is 4.35. The Labute approximate surface area is 113 Å². The van der Waals surface area contributed by atoms with Crippen molar-refractivity contribution in [3.63, 3.8) is 0 Å². The lowest BCUT2D eigenvalue weighted by molar-refractivity contribution is -0.123. The molecule has 1 aliphatic rings. The Morgan fingerprint density at radius 2 is 1.89 bits per heavy atom. The van der Waals surface area contributed by atoms with Crippen LogP contribution in [0, 0.1) is 0 Å². The molecule has 0 radical (unpaired) electrons. The minimum atomic E-state index is -3.05. The van der Waals surface area contributed by atoms with Crippen LogP contribution in [-0.4, -0.2) is 32.9 Å². The second-order valence-electron chi connectivity index (χ2n) is 5.09. The van der Waals surface area contributed by atoms with Gasteiger partial charge in [-0.05, 0) is 30.5 Å². The number of sulfone groups is 1. The number of hydrogen-bond acceptors (Lipinski definition) is 4. The number of nitrogens with one attached hydrogen (secondary N) is 1. The standard InChI is InChI=1S/C13H18N2O3S/c1-19(17,18)9-8-15-12(16)13(6-7-13)10-2-4-11(14)5-3-10/h2-5H,6-9,14H2,1H3,(H,15,16). The fourth-order valence-corrected chi connectivity index (χ4v) is 2.57. The maximum Gasteiger partial charge on any atom is 0.230 e. The van der Waals surface area contributed by atoms with Gasteiger partial charge in [-0.3, -0.25) is 4.79 Å². The number of nitrogens with two attached hydrogens (primary N) is 1. The van der Waals surface area contributed by atoms with Gasteiger partial charge in [0.25, 0.3) is 0 Å². The van der Waals surface area contributed by atoms with Gasteiger partial charge in [-0.25, -0.2) is 8.42 Å². The fourth-order valence-electron chi connectivity index (χ4n) is 2.09. The van der Waals surface area contributed by atoms with Crippen LogP contribution in [0.3, 0.4) is 0 Å². The molecule has 0 saturated heterocycles. The Balaban J connectivity index is 2.00. The van der Waals surface area contributed by atoms with Crippen LogP contribution in [0.5, 0.6) is 0 Å². The van der Waals surface area contributed by atoms with Crippen molar-refractivity contribution >= 4 is 21.4 Å². The maximum atomic E-state index is 12.2. The Hall–Kier alpha value is -1.56. The molecule has 5 nitrogen and oxygen atoms in total. The van der Waals surface area contributed by atoms with E-state index in [2.05, 4.69) is 5.32 Å². The van der Waals surface area contributed by atoms with Gasteiger partial charge in [-0.15, -0.1) is 0 Å². The molecule has 0 unspecified atom stereocenters. The van der Waals surface area contributed by atoms with E-state index in [4.69, 9.17) is 5.73 Å². The second-order valence-corrected chi connectivity index (χ2v) is 7.35. The molecule has 19 heavy (non-hydrogen) atoms. The van der Waals surface area contributed by atoms with E-state index in [-0.39, 0.29) is 18.2 Å². The first-order chi connectivity index (χ1) is 8.83. The number of rotatable bonds is 5. The molecule has 0 heterocycles. The third kappa shape index (κ3) is 3.26. The average molecular weight is 282 g/mol. The van der Waals surface area contributed by atoms with E-state index in [0.29, 0.717) is 5.69 Å². The van der Waals surface area contributed by atoms with Crippen molar-refractivity contribution in [3.8, 4) is 0 Å². The summed E-state index contributed by atoms with van der Waals surface area (Å²) in [6, 6.07) is 7.27. The molecule has 1 aliphatic carbocycles. The molecule has 0 spiro atoms. The smallest absolute Gasteiger partial charge is 0.230 e. The van der Waals surface area contributed by atoms with E-state index in [9.17, 15) is 13.2 Å². The van der Waals surface area contributed by atoms with E-state index >= 15 is 0 Å². The number of nitrogen functional groups attached to an aromatic ring is 1. The minimum absolute atomic E-state index is 0.0312. The van der Waals surface area contributed by atoms with Gasteiger partial charge in [-0.1, -0.05) is 12.1 Å². The highest BCUT2D eigenvalue weighted by molar-refractivity contribution is 7.90. The summed E-state index contributed by atoms with van der Waals surface area (Å²) in [6.07, 6.45) is 2.75. The van der Waals surface area contributed by atoms with Crippen molar-refractivity contribution in [2.24, 2.45) is 0 Å². The summed E-state index contributed by atoms with van der Waals surface area (Å²) in [7, 11) is -3.05. The van der Waals surface area contributed by atoms with Gasteiger partial charge < -0.3 is 11.1 Å². The van der Waals surface area contributed by atoms with Crippen LogP contribution in [0.1, 0.15) is 18.4 Å². The number of anilines is 1. The number of carbonyl (C=O) groups is 1. The van der Waals surface area contributed by atoms with Crippen LogP contribution in [0.25, 0.3) is 0 Å². The topological polar surface area (TPSA) is 89.3 Å². The van der Waals surface area contributed by atoms with E-state index in [1.165, 1.54) is 0 Å². The molecule has 0 aliphatic heterocycles. The molecule has 0 aromatic heterocycles. The minimum Gasteiger partial charge on any atom is -0.399 e. The Morgan fingerprint density at radius 1 is 1.32 bits per heavy atom. The summed E-state index contributed by atoms with van der Waals surface area (Å²) in [5.74, 6) is -0.128. The fraction of sp³-hybridized carbons (Fsp3) is 0.462. The number of carbonyl (C=O) groups excluding carboxylic acids is 1. The number of amides is 1. The van der Waals surface area contributed by atoms with Gasteiger partial charge in [0.1, 0.15) is 9.84 Å². The molecular formula is C13H18N2O3S. The molecule has 1 saturated carbocycles. The zero-order chi connectivity index (χ0) is 14.1. The lowest BCUT2D eigenvalue weighted by Crippen LogP contribution is -2.37. The summed E-state index contributed by atoms with van der Waals surface area (Å²) in [5.41, 5.74) is 6.75. The summed E-state index contributed by atoms with van der Waals surface area (Å²) in [4.78, 5) is 12.2. The normalized spacial score (nSPS) is 16.9. The molecule has 2 rings (SSSR count). The molecule has 3 N–H and O–H groups in total. The zero-order valence-corrected chi connectivity index (χ0v) is 11.7. The largest absolute Gasteiger partial charge is 0.399 e. The highest BCUT2D eigenvalue weighted by atomic mass is 32.2. The summed E-state index contributed by atoms with van der Waals surface area (Å²) < 4.78 is 22.0. The van der Waals surface area contributed by atoms with E-state index in [1.54, 1.807) is 12.1 Å². The maximum absolute atomic E-state index is 12.2. The zero-order valence-electron chi connectivity index (χ0n) is 10.8. The highest BCUT2D eigenvalue weighted by Crippen LogP contribution is 2.48. The van der Waals surface area contributed by atoms with Gasteiger partial charge in [0, 0.05) is 18.5 Å². The molecule has 1 fully saturated rings. The first-order valence-corrected chi connectivity index (χ1v) is 8.22. The first kappa shape index (κ1) is 13.9. The van der Waals surface area contributed by atoms with Crippen molar-refractivity contribution in [2.75, 3.05) is 24.3 Å². The molecule has 0 atom stereocenters. The molecule has 6 heteroatoms. The van der Waals surface area contributed by atoms with Gasteiger partial charge >= 0.3 is 0 Å². The van der Waals surface area contributed by atoms with Crippen LogP contribution in [-0.2, 0) is 20.0 Å². The number of benzene rings is 1. The van der Waals surface area contributed by atoms with Crippen LogP contribution < -0.4 is 11.1 Å². The predicted octanol–water partition coefficient (Wildman–Crippen LogP) is 0.461. The van der Waals surface area contributed by atoms with E-state index in [0.717, 1.165) is 24.7 Å². The second kappa shape index (κ2) is 4.85. The molecule has 1 amide bonds. The lowest BCUT2D eigenvalue weighted by atomic mass is 9.95. The van der Waals surface area contributed by atoms with E-state index in [1.807, 2.05) is 12.1 Å². The summed E-state index contributed by atoms with van der Waals surface area (Å²) in [5, 5.41) is 2.71. The summed E-state index contributed by atoms with van der Waals surface area (Å²) >= 11 is 0. The van der Waals surface area contributed by atoms with Crippen LogP contribution >= 0.6 is 0 Å². The molecule has 1 aromatic rings. The van der Waals surface area contributed by atoms with Crippen LogP contribution in [0.2, 0.25) is 0 Å². The monoisotopic (exact) mass is 282 g/mol. The lowest BCUT2D eigenvalue weighted by Gasteiger charge is -2.15. The molecule has 0 bridgehead atoms. The number of hydrogen-bond donors (Lipinski definition) is 2. The predicted molar refractivity (Wildman–Crippen MR) is 74.5 cm³/mol. The Bertz CT molecular complexity index is 574. The molecular weight excluding hydrogens is 264 g/mol. The highest BCUT2D eigenvalue weighted by Gasteiger charge is 2.50.